The van der Waals surface area contributed by atoms with Crippen molar-refractivity contribution in [3.63, 3.8) is 0 Å². The topological polar surface area (TPSA) is 98.0 Å². The van der Waals surface area contributed by atoms with Gasteiger partial charge in [0, 0.05) is 23.7 Å². The Kier molecular flexibility index (Phi) is 8.21. The molecule has 2 heterocycles. The van der Waals surface area contributed by atoms with Crippen LogP contribution < -0.4 is 4.80 Å². The normalized spacial score (nSPS) is 15.9. The van der Waals surface area contributed by atoms with E-state index in [0.717, 1.165) is 24.2 Å². The van der Waals surface area contributed by atoms with Crippen LogP contribution in [0.4, 0.5) is 0 Å². The molecular formula is C24H25Cl2N3O5S2. The van der Waals surface area contributed by atoms with Gasteiger partial charge >= 0.3 is 5.97 Å². The molecule has 0 unspecified atom stereocenters. The maximum Gasteiger partial charge on any atom is 0.326 e. The number of benzene rings is 2. The highest BCUT2D eigenvalue weighted by atomic mass is 35.5. The lowest BCUT2D eigenvalue weighted by Crippen LogP contribution is -2.37. The van der Waals surface area contributed by atoms with E-state index in [2.05, 4.69) is 11.9 Å². The van der Waals surface area contributed by atoms with Crippen molar-refractivity contribution in [1.82, 2.24) is 8.87 Å². The molecule has 0 radical (unpaired) electrons. The molecular weight excluding hydrogens is 545 g/mol. The van der Waals surface area contributed by atoms with Crippen LogP contribution in [0.3, 0.4) is 0 Å². The van der Waals surface area contributed by atoms with Crippen LogP contribution in [-0.2, 0) is 26.1 Å². The molecule has 4 rings (SSSR count). The summed E-state index contributed by atoms with van der Waals surface area (Å²) in [5.74, 6) is -0.583. The van der Waals surface area contributed by atoms with Crippen molar-refractivity contribution in [2.45, 2.75) is 38.1 Å². The number of carbonyl (C=O) groups excluding carboxylic acids is 2. The quantitative estimate of drug-likeness (QED) is 0.399. The summed E-state index contributed by atoms with van der Waals surface area (Å²) in [6.07, 6.45) is 1.65. The minimum Gasteiger partial charge on any atom is -0.465 e. The van der Waals surface area contributed by atoms with Crippen LogP contribution in [0, 0.1) is 5.92 Å². The molecule has 1 fully saturated rings. The van der Waals surface area contributed by atoms with Gasteiger partial charge in [-0.15, -0.1) is 0 Å². The molecule has 36 heavy (non-hydrogen) atoms. The molecule has 1 saturated heterocycles. The monoisotopic (exact) mass is 569 g/mol. The minimum atomic E-state index is -3.63. The average Bonchev–Trinajstić information content (AvgIpc) is 3.16. The van der Waals surface area contributed by atoms with Gasteiger partial charge in [-0.05, 0) is 62.1 Å². The van der Waals surface area contributed by atoms with E-state index in [9.17, 15) is 18.0 Å². The number of fused-ring (bicyclic) bond motifs is 1. The van der Waals surface area contributed by atoms with Gasteiger partial charge in [0.05, 0.1) is 26.7 Å². The molecule has 3 aromatic rings. The Morgan fingerprint density at radius 1 is 1.14 bits per heavy atom. The summed E-state index contributed by atoms with van der Waals surface area (Å²) >= 11 is 13.7. The van der Waals surface area contributed by atoms with Crippen LogP contribution >= 0.6 is 34.5 Å². The number of sulfonamides is 1. The van der Waals surface area contributed by atoms with E-state index in [0.29, 0.717) is 39.3 Å². The van der Waals surface area contributed by atoms with Gasteiger partial charge in [0.25, 0.3) is 5.91 Å². The molecule has 0 N–H and O–H groups in total. The molecule has 0 spiro atoms. The first kappa shape index (κ1) is 26.8. The summed E-state index contributed by atoms with van der Waals surface area (Å²) in [5, 5.41) is 0.725. The van der Waals surface area contributed by atoms with E-state index < -0.39 is 21.9 Å². The van der Waals surface area contributed by atoms with Crippen LogP contribution in [0.15, 0.2) is 46.3 Å². The first-order valence-corrected chi connectivity index (χ1v) is 14.4. The van der Waals surface area contributed by atoms with Gasteiger partial charge in [-0.25, -0.2) is 8.42 Å². The molecule has 0 saturated carbocycles. The molecule has 8 nitrogen and oxygen atoms in total. The highest BCUT2D eigenvalue weighted by molar-refractivity contribution is 7.89. The van der Waals surface area contributed by atoms with E-state index in [-0.39, 0.29) is 28.4 Å². The molecule has 0 bridgehead atoms. The summed E-state index contributed by atoms with van der Waals surface area (Å²) in [4.78, 5) is 29.8. The second-order valence-electron chi connectivity index (χ2n) is 8.54. The SMILES string of the molecule is CCOC(=O)Cn1c(=NC(=O)c2ccc(S(=O)(=O)N3CCC(C)CC3)cc2)sc2cc(Cl)cc(Cl)c21. The van der Waals surface area contributed by atoms with E-state index in [1.165, 1.54) is 33.1 Å². The number of piperidine rings is 1. The Labute approximate surface area is 223 Å². The Morgan fingerprint density at radius 2 is 1.81 bits per heavy atom. The van der Waals surface area contributed by atoms with Crippen molar-refractivity contribution in [3.05, 3.63) is 56.8 Å². The lowest BCUT2D eigenvalue weighted by Gasteiger charge is -2.29. The van der Waals surface area contributed by atoms with Crippen LogP contribution in [0.2, 0.25) is 10.0 Å². The third-order valence-electron chi connectivity index (χ3n) is 5.97. The second kappa shape index (κ2) is 11.0. The van der Waals surface area contributed by atoms with Crippen molar-refractivity contribution in [3.8, 4) is 0 Å². The number of carbonyl (C=O) groups is 2. The summed E-state index contributed by atoms with van der Waals surface area (Å²) in [5.41, 5.74) is 0.730. The Hall–Kier alpha value is -2.24. The number of esters is 1. The highest BCUT2D eigenvalue weighted by Gasteiger charge is 2.28. The number of thiazole rings is 1. The highest BCUT2D eigenvalue weighted by Crippen LogP contribution is 2.30. The molecule has 192 valence electrons. The molecule has 1 aliphatic heterocycles. The van der Waals surface area contributed by atoms with Gasteiger partial charge in [0.1, 0.15) is 6.54 Å². The Morgan fingerprint density at radius 3 is 2.44 bits per heavy atom. The molecule has 1 amide bonds. The average molecular weight is 571 g/mol. The predicted octanol–water partition coefficient (Wildman–Crippen LogP) is 4.73. The van der Waals surface area contributed by atoms with Crippen molar-refractivity contribution in [1.29, 1.82) is 0 Å². The maximum absolute atomic E-state index is 13.0. The molecule has 2 aromatic carbocycles. The van der Waals surface area contributed by atoms with Gasteiger partial charge in [0.2, 0.25) is 10.0 Å². The first-order chi connectivity index (χ1) is 17.1. The number of rotatable bonds is 6. The van der Waals surface area contributed by atoms with Gasteiger partial charge < -0.3 is 9.30 Å². The number of nitrogens with zero attached hydrogens (tertiary/aromatic N) is 3. The molecule has 1 aromatic heterocycles. The molecule has 0 aliphatic carbocycles. The lowest BCUT2D eigenvalue weighted by atomic mass is 10.0. The zero-order chi connectivity index (χ0) is 26.0. The van der Waals surface area contributed by atoms with Crippen LogP contribution in [-0.4, -0.2) is 48.9 Å². The maximum atomic E-state index is 13.0. The van der Waals surface area contributed by atoms with Crippen molar-refractivity contribution in [2.24, 2.45) is 10.9 Å². The summed E-state index contributed by atoms with van der Waals surface area (Å²) in [7, 11) is -3.63. The van der Waals surface area contributed by atoms with E-state index in [1.807, 2.05) is 0 Å². The van der Waals surface area contributed by atoms with Crippen molar-refractivity contribution < 1.29 is 22.7 Å². The molecule has 0 atom stereocenters. The fourth-order valence-electron chi connectivity index (χ4n) is 3.99. The zero-order valence-corrected chi connectivity index (χ0v) is 22.9. The van der Waals surface area contributed by atoms with E-state index in [4.69, 9.17) is 27.9 Å². The summed E-state index contributed by atoms with van der Waals surface area (Å²) in [6, 6.07) is 8.96. The fraction of sp³-hybridized carbons (Fsp3) is 0.375. The third kappa shape index (κ3) is 5.68. The number of aromatic nitrogens is 1. The Balaban J connectivity index is 1.67. The first-order valence-electron chi connectivity index (χ1n) is 11.4. The fourth-order valence-corrected chi connectivity index (χ4v) is 7.27. The van der Waals surface area contributed by atoms with Gasteiger partial charge in [-0.3, -0.25) is 9.59 Å². The number of ether oxygens (including phenoxy) is 1. The predicted molar refractivity (Wildman–Crippen MR) is 140 cm³/mol. The number of hydrogen-bond acceptors (Lipinski definition) is 6. The van der Waals surface area contributed by atoms with Crippen LogP contribution in [0.25, 0.3) is 10.2 Å². The molecule has 1 aliphatic rings. The van der Waals surface area contributed by atoms with Gasteiger partial charge in [-0.2, -0.15) is 9.30 Å². The lowest BCUT2D eigenvalue weighted by molar-refractivity contribution is -0.143. The number of amides is 1. The van der Waals surface area contributed by atoms with E-state index in [1.54, 1.807) is 19.1 Å². The van der Waals surface area contributed by atoms with Gasteiger partial charge in [-0.1, -0.05) is 41.5 Å². The number of hydrogen-bond donors (Lipinski definition) is 0. The number of halogens is 2. The van der Waals surface area contributed by atoms with Crippen LogP contribution in [0.1, 0.15) is 37.0 Å². The van der Waals surface area contributed by atoms with E-state index >= 15 is 0 Å². The third-order valence-corrected chi connectivity index (χ3v) is 9.41. The zero-order valence-electron chi connectivity index (χ0n) is 19.7. The summed E-state index contributed by atoms with van der Waals surface area (Å²) in [6.45, 7) is 4.80. The second-order valence-corrected chi connectivity index (χ2v) is 12.3. The smallest absolute Gasteiger partial charge is 0.326 e. The Bertz CT molecular complexity index is 1470. The minimum absolute atomic E-state index is 0.134. The van der Waals surface area contributed by atoms with Crippen molar-refractivity contribution in [2.75, 3.05) is 19.7 Å². The van der Waals surface area contributed by atoms with Crippen LogP contribution in [0.5, 0.6) is 0 Å². The molecule has 12 heteroatoms. The summed E-state index contributed by atoms with van der Waals surface area (Å²) < 4.78 is 34.7. The van der Waals surface area contributed by atoms with Crippen molar-refractivity contribution >= 4 is 66.7 Å². The van der Waals surface area contributed by atoms with Gasteiger partial charge in [0.15, 0.2) is 4.80 Å². The largest absolute Gasteiger partial charge is 0.465 e. The standard InChI is InChI=1S/C24H25Cl2N3O5S2/c1-3-34-21(30)14-29-22-19(26)12-17(25)13-20(22)35-24(29)27-23(31)16-4-6-18(7-5-16)36(32,33)28-10-8-15(2)9-11-28/h4-7,12-13,15H,3,8-11,14H2,1-2H3.